The lowest BCUT2D eigenvalue weighted by molar-refractivity contribution is -0.139. The van der Waals surface area contributed by atoms with Crippen LogP contribution in [-0.2, 0) is 16.1 Å². The highest BCUT2D eigenvalue weighted by molar-refractivity contribution is 5.79. The summed E-state index contributed by atoms with van der Waals surface area (Å²) in [4.78, 5) is 24.6. The van der Waals surface area contributed by atoms with Gasteiger partial charge in [0.05, 0.1) is 24.7 Å². The molecule has 6 heteroatoms. The van der Waals surface area contributed by atoms with Gasteiger partial charge in [0.1, 0.15) is 0 Å². The van der Waals surface area contributed by atoms with Crippen molar-refractivity contribution in [2.24, 2.45) is 5.92 Å². The van der Waals surface area contributed by atoms with E-state index in [0.29, 0.717) is 13.0 Å². The summed E-state index contributed by atoms with van der Waals surface area (Å²) in [5, 5.41) is 28.2. The van der Waals surface area contributed by atoms with Gasteiger partial charge in [0, 0.05) is 19.4 Å². The van der Waals surface area contributed by atoms with Crippen molar-refractivity contribution in [1.82, 2.24) is 4.90 Å². The lowest BCUT2D eigenvalue weighted by atomic mass is 10.0. The fourth-order valence-electron chi connectivity index (χ4n) is 3.14. The third kappa shape index (κ3) is 5.69. The van der Waals surface area contributed by atoms with Gasteiger partial charge in [-0.3, -0.25) is 9.59 Å². The highest BCUT2D eigenvalue weighted by Gasteiger charge is 2.35. The van der Waals surface area contributed by atoms with Crippen molar-refractivity contribution in [3.05, 3.63) is 48.0 Å². The number of hydrogen-bond donors (Lipinski definition) is 3. The van der Waals surface area contributed by atoms with Crippen molar-refractivity contribution in [2.45, 2.75) is 51.0 Å². The zero-order chi connectivity index (χ0) is 18.4. The third-order valence-corrected chi connectivity index (χ3v) is 4.41. The van der Waals surface area contributed by atoms with Gasteiger partial charge in [-0.05, 0) is 11.5 Å². The van der Waals surface area contributed by atoms with Crippen LogP contribution < -0.4 is 0 Å². The summed E-state index contributed by atoms with van der Waals surface area (Å²) in [6.45, 7) is 2.50. The second kappa shape index (κ2) is 8.78. The van der Waals surface area contributed by atoms with Crippen LogP contribution in [0, 0.1) is 5.92 Å². The highest BCUT2D eigenvalue weighted by Crippen LogP contribution is 2.28. The molecule has 136 valence electrons. The molecule has 0 bridgehead atoms. The topological polar surface area (TPSA) is 98.1 Å². The molecule has 1 aromatic rings. The molecule has 0 unspecified atom stereocenters. The van der Waals surface area contributed by atoms with E-state index >= 15 is 0 Å². The van der Waals surface area contributed by atoms with Crippen molar-refractivity contribution in [1.29, 1.82) is 0 Å². The van der Waals surface area contributed by atoms with Gasteiger partial charge in [-0.25, -0.2) is 0 Å². The van der Waals surface area contributed by atoms with Gasteiger partial charge in [0.25, 0.3) is 0 Å². The molecule has 1 aliphatic heterocycles. The molecule has 2 rings (SSSR count). The number of carbonyl (C=O) groups excluding carboxylic acids is 1. The maximum absolute atomic E-state index is 12.3. The van der Waals surface area contributed by atoms with Crippen LogP contribution >= 0.6 is 0 Å². The molecule has 1 aromatic carbocycles. The molecule has 1 heterocycles. The van der Waals surface area contributed by atoms with Crippen molar-refractivity contribution in [2.75, 3.05) is 0 Å². The molecule has 0 aliphatic carbocycles. The molecule has 0 aromatic heterocycles. The van der Waals surface area contributed by atoms with E-state index in [4.69, 9.17) is 5.11 Å². The number of carboxylic acids is 1. The van der Waals surface area contributed by atoms with Crippen molar-refractivity contribution < 1.29 is 24.9 Å². The lowest BCUT2D eigenvalue weighted by Crippen LogP contribution is -2.33. The van der Waals surface area contributed by atoms with Gasteiger partial charge in [-0.1, -0.05) is 49.4 Å². The SMILES string of the molecule is C[C@@H]1CC(=O)N(Cc2ccccc2)[C@@H]1C=C[C@@H](O)C[C@@H](O)CC(=O)O. The van der Waals surface area contributed by atoms with Gasteiger partial charge in [0.2, 0.25) is 5.91 Å². The first-order valence-electron chi connectivity index (χ1n) is 8.46. The fourth-order valence-corrected chi connectivity index (χ4v) is 3.14. The Balaban J connectivity index is 1.99. The molecule has 1 amide bonds. The third-order valence-electron chi connectivity index (χ3n) is 4.41. The van der Waals surface area contributed by atoms with Gasteiger partial charge < -0.3 is 20.2 Å². The van der Waals surface area contributed by atoms with Gasteiger partial charge in [-0.2, -0.15) is 0 Å². The van der Waals surface area contributed by atoms with E-state index in [9.17, 15) is 19.8 Å². The average molecular weight is 347 g/mol. The number of hydrogen-bond acceptors (Lipinski definition) is 4. The first kappa shape index (κ1) is 19.1. The summed E-state index contributed by atoms with van der Waals surface area (Å²) in [6.07, 6.45) is 1.30. The maximum atomic E-state index is 12.3. The van der Waals surface area contributed by atoms with Gasteiger partial charge in [-0.15, -0.1) is 0 Å². The van der Waals surface area contributed by atoms with Crippen LogP contribution in [0.4, 0.5) is 0 Å². The van der Waals surface area contributed by atoms with Crippen LogP contribution in [0.1, 0.15) is 31.7 Å². The van der Waals surface area contributed by atoms with Gasteiger partial charge in [0.15, 0.2) is 0 Å². The van der Waals surface area contributed by atoms with E-state index in [1.165, 1.54) is 0 Å². The number of amides is 1. The van der Waals surface area contributed by atoms with Crippen LogP contribution in [0.15, 0.2) is 42.5 Å². The Kier molecular flexibility index (Phi) is 6.73. The number of nitrogens with zero attached hydrogens (tertiary/aromatic N) is 1. The Morgan fingerprint density at radius 2 is 2.00 bits per heavy atom. The summed E-state index contributed by atoms with van der Waals surface area (Å²) in [5.74, 6) is -0.900. The summed E-state index contributed by atoms with van der Waals surface area (Å²) in [5.41, 5.74) is 1.04. The zero-order valence-corrected chi connectivity index (χ0v) is 14.3. The maximum Gasteiger partial charge on any atom is 0.305 e. The number of carbonyl (C=O) groups is 2. The van der Waals surface area contributed by atoms with Crippen LogP contribution in [0.3, 0.4) is 0 Å². The van der Waals surface area contributed by atoms with E-state index in [0.717, 1.165) is 5.56 Å². The molecular formula is C19H25NO5. The number of aliphatic hydroxyl groups is 2. The molecule has 1 aliphatic rings. The number of benzene rings is 1. The smallest absolute Gasteiger partial charge is 0.305 e. The standard InChI is InChI=1S/C19H25NO5/c1-13-9-18(23)20(12-14-5-3-2-4-6-14)17(13)8-7-15(21)10-16(22)11-19(24)25/h2-8,13,15-17,21-22H,9-12H2,1H3,(H,24,25)/t13-,15-,16-,17-/m1/s1. The molecule has 4 atom stereocenters. The second-order valence-electron chi connectivity index (χ2n) is 6.62. The van der Waals surface area contributed by atoms with Crippen LogP contribution in [-0.4, -0.2) is 50.3 Å². The Bertz CT molecular complexity index is 616. The van der Waals surface area contributed by atoms with Gasteiger partial charge >= 0.3 is 5.97 Å². The predicted molar refractivity (Wildman–Crippen MR) is 92.6 cm³/mol. The molecule has 3 N–H and O–H groups in total. The normalized spacial score (nSPS) is 23.2. The van der Waals surface area contributed by atoms with Crippen molar-refractivity contribution in [3.63, 3.8) is 0 Å². The largest absolute Gasteiger partial charge is 0.481 e. The van der Waals surface area contributed by atoms with E-state index in [1.54, 1.807) is 17.1 Å². The second-order valence-corrected chi connectivity index (χ2v) is 6.62. The Labute approximate surface area is 147 Å². The summed E-state index contributed by atoms with van der Waals surface area (Å²) < 4.78 is 0. The Morgan fingerprint density at radius 1 is 1.32 bits per heavy atom. The van der Waals surface area contributed by atoms with E-state index in [1.807, 2.05) is 37.3 Å². The number of aliphatic hydroxyl groups excluding tert-OH is 2. The van der Waals surface area contributed by atoms with Crippen LogP contribution in [0.2, 0.25) is 0 Å². The van der Waals surface area contributed by atoms with Crippen molar-refractivity contribution >= 4 is 11.9 Å². The average Bonchev–Trinajstić information content (AvgIpc) is 2.79. The summed E-state index contributed by atoms with van der Waals surface area (Å²) in [6, 6.07) is 9.59. The number of carboxylic acid groups (broad SMARTS) is 1. The monoisotopic (exact) mass is 347 g/mol. The Hall–Kier alpha value is -2.18. The number of aliphatic carboxylic acids is 1. The minimum absolute atomic E-state index is 0.0451. The first-order valence-corrected chi connectivity index (χ1v) is 8.46. The molecule has 0 radical (unpaired) electrons. The fraction of sp³-hybridized carbons (Fsp3) is 0.474. The summed E-state index contributed by atoms with van der Waals surface area (Å²) in [7, 11) is 0. The molecule has 25 heavy (non-hydrogen) atoms. The van der Waals surface area contributed by atoms with E-state index in [2.05, 4.69) is 0 Å². The van der Waals surface area contributed by atoms with E-state index < -0.39 is 24.6 Å². The molecule has 0 spiro atoms. The van der Waals surface area contributed by atoms with Crippen molar-refractivity contribution in [3.8, 4) is 0 Å². The molecule has 1 fully saturated rings. The molecular weight excluding hydrogens is 322 g/mol. The minimum Gasteiger partial charge on any atom is -0.481 e. The Morgan fingerprint density at radius 3 is 2.64 bits per heavy atom. The first-order chi connectivity index (χ1) is 11.9. The number of rotatable bonds is 8. The number of likely N-dealkylation sites (tertiary alicyclic amines) is 1. The van der Waals surface area contributed by atoms with Crippen LogP contribution in [0.25, 0.3) is 0 Å². The molecule has 0 saturated carbocycles. The predicted octanol–water partition coefficient (Wildman–Crippen LogP) is 1.57. The lowest BCUT2D eigenvalue weighted by Gasteiger charge is -2.25. The van der Waals surface area contributed by atoms with E-state index in [-0.39, 0.29) is 24.3 Å². The highest BCUT2D eigenvalue weighted by atomic mass is 16.4. The molecule has 1 saturated heterocycles. The quantitative estimate of drug-likeness (QED) is 0.620. The molecule has 6 nitrogen and oxygen atoms in total. The summed E-state index contributed by atoms with van der Waals surface area (Å²) >= 11 is 0. The minimum atomic E-state index is -1.10. The zero-order valence-electron chi connectivity index (χ0n) is 14.3. The van der Waals surface area contributed by atoms with Crippen LogP contribution in [0.5, 0.6) is 0 Å².